The van der Waals surface area contributed by atoms with Crippen LogP contribution in [0.5, 0.6) is 5.75 Å². The molecule has 1 rings (SSSR count). The predicted molar refractivity (Wildman–Crippen MR) is 60.3 cm³/mol. The van der Waals surface area contributed by atoms with Gasteiger partial charge in [0, 0.05) is 5.92 Å². The monoisotopic (exact) mass is 233 g/mol. The number of rotatable bonds is 3. The van der Waals surface area contributed by atoms with E-state index in [0.717, 1.165) is 0 Å². The number of carbonyl (C=O) groups excluding carboxylic acids is 2. The number of nitrogens with two attached hydrogens (primary N) is 2. The third-order valence-electron chi connectivity index (χ3n) is 1.73. The van der Waals surface area contributed by atoms with Crippen molar-refractivity contribution in [3.63, 3.8) is 0 Å². The summed E-state index contributed by atoms with van der Waals surface area (Å²) >= 11 is 0. The average Bonchev–Trinajstić information content (AvgIpc) is 2.34. The Kier molecular flexibility index (Phi) is 4.54. The lowest BCUT2D eigenvalue weighted by Gasteiger charge is -2.06. The molecule has 1 aromatic rings. The molecule has 0 unspecified atom stereocenters. The highest BCUT2D eigenvalue weighted by molar-refractivity contribution is 5.92. The first-order valence-electron chi connectivity index (χ1n) is 4.66. The molecule has 17 heavy (non-hydrogen) atoms. The molecule has 5 N–H and O–H groups in total. The van der Waals surface area contributed by atoms with E-state index in [9.17, 15) is 9.59 Å². The van der Waals surface area contributed by atoms with Gasteiger partial charge in [-0.25, -0.2) is 5.84 Å². The van der Waals surface area contributed by atoms with Gasteiger partial charge in [0.1, 0.15) is 5.75 Å². The molecule has 2 amide bonds. The van der Waals surface area contributed by atoms with Gasteiger partial charge in [0.15, 0.2) is 6.61 Å². The zero-order valence-electron chi connectivity index (χ0n) is 8.90. The smallest absolute Gasteiger partial charge is 0.293 e. The number of benzene rings is 1. The minimum absolute atomic E-state index is 0.230. The van der Waals surface area contributed by atoms with Gasteiger partial charge in [-0.15, -0.1) is 0 Å². The van der Waals surface area contributed by atoms with E-state index in [4.69, 9.17) is 16.3 Å². The van der Waals surface area contributed by atoms with E-state index >= 15 is 0 Å². The van der Waals surface area contributed by atoms with Crippen LogP contribution in [0.25, 0.3) is 0 Å². The third-order valence-corrected chi connectivity index (χ3v) is 1.73. The van der Waals surface area contributed by atoms with Crippen LogP contribution in [0, 0.1) is 11.8 Å². The van der Waals surface area contributed by atoms with Crippen LogP contribution in [0.15, 0.2) is 24.3 Å². The van der Waals surface area contributed by atoms with E-state index in [1.54, 1.807) is 24.3 Å². The highest BCUT2D eigenvalue weighted by atomic mass is 16.5. The molecule has 0 aliphatic heterocycles. The van der Waals surface area contributed by atoms with Crippen LogP contribution in [-0.4, -0.2) is 18.4 Å². The minimum atomic E-state index is -0.737. The molecule has 0 aromatic heterocycles. The number of amides is 2. The largest absolute Gasteiger partial charge is 0.482 e. The summed E-state index contributed by atoms with van der Waals surface area (Å²) in [7, 11) is 0. The molecule has 0 saturated heterocycles. The lowest BCUT2D eigenvalue weighted by molar-refractivity contribution is -0.123. The van der Waals surface area contributed by atoms with Crippen molar-refractivity contribution >= 4 is 11.8 Å². The maximum Gasteiger partial charge on any atom is 0.293 e. The van der Waals surface area contributed by atoms with Crippen molar-refractivity contribution in [2.24, 2.45) is 11.6 Å². The zero-order chi connectivity index (χ0) is 12.7. The summed E-state index contributed by atoms with van der Waals surface area (Å²) < 4.78 is 5.18. The second-order valence-electron chi connectivity index (χ2n) is 2.97. The van der Waals surface area contributed by atoms with Gasteiger partial charge in [0.25, 0.3) is 11.8 Å². The maximum absolute atomic E-state index is 10.9. The first-order valence-corrected chi connectivity index (χ1v) is 4.66. The van der Waals surface area contributed by atoms with Gasteiger partial charge < -0.3 is 10.5 Å². The summed E-state index contributed by atoms with van der Waals surface area (Å²) in [5, 5.41) is 0. The molecule has 0 saturated carbocycles. The van der Waals surface area contributed by atoms with Crippen molar-refractivity contribution in [3.05, 3.63) is 29.8 Å². The standard InChI is InChI=1S/C11H11N3O3/c12-10(15)6-5-8-3-1-2-4-9(8)17-7-11(16)14-13/h1-4H,7,13H2,(H2,12,15)(H,14,16). The predicted octanol–water partition coefficient (Wildman–Crippen LogP) is -1.11. The van der Waals surface area contributed by atoms with Crippen molar-refractivity contribution < 1.29 is 14.3 Å². The fraction of sp³-hybridized carbons (Fsp3) is 0.0909. The van der Waals surface area contributed by atoms with Gasteiger partial charge in [-0.2, -0.15) is 0 Å². The summed E-state index contributed by atoms with van der Waals surface area (Å²) in [5.41, 5.74) is 7.30. The van der Waals surface area contributed by atoms with Crippen LogP contribution in [-0.2, 0) is 9.59 Å². The van der Waals surface area contributed by atoms with Gasteiger partial charge >= 0.3 is 0 Å². The van der Waals surface area contributed by atoms with E-state index in [-0.39, 0.29) is 6.61 Å². The number of hydrogen-bond acceptors (Lipinski definition) is 4. The highest BCUT2D eigenvalue weighted by Crippen LogP contribution is 2.16. The Labute approximate surface area is 97.9 Å². The number of primary amides is 1. The van der Waals surface area contributed by atoms with E-state index in [1.165, 1.54) is 0 Å². The number of nitrogens with one attached hydrogen (secondary N) is 1. The van der Waals surface area contributed by atoms with E-state index in [1.807, 2.05) is 5.43 Å². The van der Waals surface area contributed by atoms with Gasteiger partial charge in [-0.1, -0.05) is 18.1 Å². The van der Waals surface area contributed by atoms with Crippen LogP contribution in [0.3, 0.4) is 0 Å². The lowest BCUT2D eigenvalue weighted by Crippen LogP contribution is -2.34. The maximum atomic E-state index is 10.9. The van der Waals surface area contributed by atoms with Gasteiger partial charge in [-0.05, 0) is 12.1 Å². The van der Waals surface area contributed by atoms with Crippen LogP contribution in [0.1, 0.15) is 5.56 Å². The third kappa shape index (κ3) is 4.24. The second-order valence-corrected chi connectivity index (χ2v) is 2.97. The number of carbonyl (C=O) groups is 2. The number of para-hydroxylation sites is 1. The molecule has 6 nitrogen and oxygen atoms in total. The Morgan fingerprint density at radius 3 is 2.71 bits per heavy atom. The summed E-state index contributed by atoms with van der Waals surface area (Å²) in [6.07, 6.45) is 0. The molecule has 0 spiro atoms. The molecule has 6 heteroatoms. The summed E-state index contributed by atoms with van der Waals surface area (Å²) in [5.74, 6) is 8.81. The first-order chi connectivity index (χ1) is 8.13. The molecule has 0 radical (unpaired) electrons. The Morgan fingerprint density at radius 1 is 1.35 bits per heavy atom. The van der Waals surface area contributed by atoms with Crippen molar-refractivity contribution in [2.45, 2.75) is 0 Å². The van der Waals surface area contributed by atoms with E-state index in [2.05, 4.69) is 11.8 Å². The SMILES string of the molecule is NNC(=O)COc1ccccc1C#CC(N)=O. The van der Waals surface area contributed by atoms with E-state index in [0.29, 0.717) is 11.3 Å². The molecule has 1 aromatic carbocycles. The Morgan fingerprint density at radius 2 is 2.06 bits per heavy atom. The van der Waals surface area contributed by atoms with Crippen LogP contribution >= 0.6 is 0 Å². The fourth-order valence-electron chi connectivity index (χ4n) is 1.01. The lowest BCUT2D eigenvalue weighted by atomic mass is 10.2. The average molecular weight is 233 g/mol. The molecule has 0 aliphatic rings. The number of ether oxygens (including phenoxy) is 1. The van der Waals surface area contributed by atoms with Crippen molar-refractivity contribution in [1.82, 2.24) is 5.43 Å². The summed E-state index contributed by atoms with van der Waals surface area (Å²) in [6.45, 7) is -0.230. The van der Waals surface area contributed by atoms with Crippen LogP contribution in [0.4, 0.5) is 0 Å². The van der Waals surface area contributed by atoms with Crippen molar-refractivity contribution in [2.75, 3.05) is 6.61 Å². The number of hydrogen-bond donors (Lipinski definition) is 3. The topological polar surface area (TPSA) is 107 Å². The normalized spacial score (nSPS) is 8.76. The first kappa shape index (κ1) is 12.5. The second kappa shape index (κ2) is 6.15. The van der Waals surface area contributed by atoms with Crippen molar-refractivity contribution in [1.29, 1.82) is 0 Å². The molecule has 0 fully saturated rings. The zero-order valence-corrected chi connectivity index (χ0v) is 8.90. The Balaban J connectivity index is 2.82. The molecule has 0 aliphatic carbocycles. The summed E-state index contributed by atoms with van der Waals surface area (Å²) in [4.78, 5) is 21.4. The fourth-order valence-corrected chi connectivity index (χ4v) is 1.01. The molecule has 0 atom stereocenters. The Hall–Kier alpha value is -2.52. The van der Waals surface area contributed by atoms with Crippen LogP contribution in [0.2, 0.25) is 0 Å². The molecule has 88 valence electrons. The van der Waals surface area contributed by atoms with Crippen molar-refractivity contribution in [3.8, 4) is 17.6 Å². The van der Waals surface area contributed by atoms with E-state index < -0.39 is 11.8 Å². The van der Waals surface area contributed by atoms with Gasteiger partial charge in [0.2, 0.25) is 0 Å². The quantitative estimate of drug-likeness (QED) is 0.266. The van der Waals surface area contributed by atoms with Gasteiger partial charge in [0.05, 0.1) is 5.56 Å². The van der Waals surface area contributed by atoms with Crippen LogP contribution < -0.4 is 21.7 Å². The molecule has 0 bridgehead atoms. The molecule has 0 heterocycles. The minimum Gasteiger partial charge on any atom is -0.482 e. The Bertz CT molecular complexity index is 488. The van der Waals surface area contributed by atoms with Gasteiger partial charge in [-0.3, -0.25) is 15.0 Å². The number of hydrazine groups is 1. The molecular formula is C11H11N3O3. The molecular weight excluding hydrogens is 222 g/mol. The summed E-state index contributed by atoms with van der Waals surface area (Å²) in [6, 6.07) is 6.70. The highest BCUT2D eigenvalue weighted by Gasteiger charge is 2.03.